The van der Waals surface area contributed by atoms with Crippen LogP contribution in [0.5, 0.6) is 11.5 Å². The number of hydrogen-bond donors (Lipinski definition) is 2. The van der Waals surface area contributed by atoms with Gasteiger partial charge >= 0.3 is 0 Å². The van der Waals surface area contributed by atoms with Gasteiger partial charge in [-0.15, -0.1) is 24.8 Å². The van der Waals surface area contributed by atoms with Gasteiger partial charge in [0.2, 0.25) is 0 Å². The summed E-state index contributed by atoms with van der Waals surface area (Å²) in [6.07, 6.45) is 0. The van der Waals surface area contributed by atoms with Crippen LogP contribution in [-0.4, -0.2) is 50.7 Å². The summed E-state index contributed by atoms with van der Waals surface area (Å²) in [6.45, 7) is 0.735. The highest BCUT2D eigenvalue weighted by atomic mass is 35.5. The first-order valence-corrected chi connectivity index (χ1v) is 5.94. The van der Waals surface area contributed by atoms with Crippen LogP contribution in [0.15, 0.2) is 12.1 Å². The van der Waals surface area contributed by atoms with Crippen molar-refractivity contribution in [2.24, 2.45) is 0 Å². The molecule has 0 saturated carbocycles. The Morgan fingerprint density at radius 3 is 2.00 bits per heavy atom. The molecular weight excluding hydrogens is 328 g/mol. The third kappa shape index (κ3) is 5.07. The van der Waals surface area contributed by atoms with Crippen molar-refractivity contribution in [1.82, 2.24) is 0 Å². The lowest BCUT2D eigenvalue weighted by atomic mass is 10.2. The highest BCUT2D eigenvalue weighted by molar-refractivity contribution is 6.34. The van der Waals surface area contributed by atoms with E-state index < -0.39 is 0 Å². The fraction of sp³-hybridized carbons (Fsp3) is 0.500. The molecule has 0 radical (unpaired) electrons. The number of rotatable bonds is 7. The average molecular weight is 349 g/mol. The number of halogens is 3. The highest BCUT2D eigenvalue weighted by Crippen LogP contribution is 2.41. The van der Waals surface area contributed by atoms with Crippen LogP contribution in [0.3, 0.4) is 0 Å². The number of hydrogen-bond acceptors (Lipinski definition) is 5. The van der Waals surface area contributed by atoms with E-state index in [1.807, 2.05) is 0 Å². The Labute approximate surface area is 136 Å². The zero-order valence-electron chi connectivity index (χ0n) is 11.3. The van der Waals surface area contributed by atoms with Crippen molar-refractivity contribution in [1.29, 1.82) is 0 Å². The van der Waals surface area contributed by atoms with E-state index in [-0.39, 0.29) is 38.0 Å². The van der Waals surface area contributed by atoms with Crippen molar-refractivity contribution in [3.05, 3.63) is 17.2 Å². The Morgan fingerprint density at radius 1 is 1.05 bits per heavy atom. The van der Waals surface area contributed by atoms with Gasteiger partial charge < -0.3 is 24.6 Å². The monoisotopic (exact) mass is 347 g/mol. The molecule has 0 aliphatic carbocycles. The second kappa shape index (κ2) is 11.1. The minimum absolute atomic E-state index is 0. The average Bonchev–Trinajstić information content (AvgIpc) is 2.38. The summed E-state index contributed by atoms with van der Waals surface area (Å²) in [7, 11) is 3.04. The second-order valence-electron chi connectivity index (χ2n) is 3.57. The molecule has 0 fully saturated rings. The Hall–Kier alpha value is -0.590. The molecule has 0 spiro atoms. The van der Waals surface area contributed by atoms with Gasteiger partial charge in [0.25, 0.3) is 0 Å². The summed E-state index contributed by atoms with van der Waals surface area (Å²) in [4.78, 5) is 1.80. The molecule has 1 aromatic carbocycles. The van der Waals surface area contributed by atoms with Crippen LogP contribution >= 0.6 is 36.4 Å². The Morgan fingerprint density at radius 2 is 1.60 bits per heavy atom. The van der Waals surface area contributed by atoms with Crippen molar-refractivity contribution in [3.8, 4) is 11.5 Å². The van der Waals surface area contributed by atoms with E-state index in [1.165, 1.54) is 14.2 Å². The fourth-order valence-electron chi connectivity index (χ4n) is 1.72. The summed E-state index contributed by atoms with van der Waals surface area (Å²) in [6, 6.07) is 3.51. The van der Waals surface area contributed by atoms with Gasteiger partial charge in [0.15, 0.2) is 5.75 Å². The molecule has 1 aromatic rings. The number of aliphatic hydroxyl groups is 2. The number of ether oxygens (including phenoxy) is 2. The number of anilines is 1. The van der Waals surface area contributed by atoms with E-state index >= 15 is 0 Å². The molecule has 0 heterocycles. The number of benzene rings is 1. The molecule has 0 aliphatic heterocycles. The molecule has 1 rings (SSSR count). The molecule has 8 heteroatoms. The van der Waals surface area contributed by atoms with Crippen LogP contribution < -0.4 is 14.4 Å². The van der Waals surface area contributed by atoms with Gasteiger partial charge in [-0.3, -0.25) is 0 Å². The SMILES string of the molecule is COc1ccc(N(CCO)CCO)c(OC)c1Cl.Cl.Cl. The molecule has 0 aromatic heterocycles. The second-order valence-corrected chi connectivity index (χ2v) is 3.95. The first-order chi connectivity index (χ1) is 8.69. The van der Waals surface area contributed by atoms with Crippen LogP contribution in [-0.2, 0) is 0 Å². The van der Waals surface area contributed by atoms with Gasteiger partial charge in [-0.25, -0.2) is 0 Å². The first kappa shape index (κ1) is 21.7. The molecule has 0 bridgehead atoms. The molecule has 0 amide bonds. The highest BCUT2D eigenvalue weighted by Gasteiger charge is 2.17. The Balaban J connectivity index is 0. The van der Waals surface area contributed by atoms with Crippen molar-refractivity contribution in [2.75, 3.05) is 45.4 Å². The molecule has 0 aliphatic rings. The summed E-state index contributed by atoms with van der Waals surface area (Å²) in [5.41, 5.74) is 0.714. The largest absolute Gasteiger partial charge is 0.495 e. The number of nitrogens with zero attached hydrogens (tertiary/aromatic N) is 1. The van der Waals surface area contributed by atoms with Crippen LogP contribution in [0.1, 0.15) is 0 Å². The minimum atomic E-state index is -0.0210. The zero-order chi connectivity index (χ0) is 13.5. The van der Waals surface area contributed by atoms with E-state index in [9.17, 15) is 0 Å². The van der Waals surface area contributed by atoms with Crippen LogP contribution in [0.25, 0.3) is 0 Å². The number of methoxy groups -OCH3 is 2. The topological polar surface area (TPSA) is 62.2 Å². The molecule has 20 heavy (non-hydrogen) atoms. The van der Waals surface area contributed by atoms with E-state index in [4.69, 9.17) is 31.3 Å². The van der Waals surface area contributed by atoms with E-state index in [0.29, 0.717) is 35.3 Å². The normalized spacial score (nSPS) is 9.25. The summed E-state index contributed by atoms with van der Waals surface area (Å²) in [5.74, 6) is 0.989. The zero-order valence-corrected chi connectivity index (χ0v) is 13.7. The number of aliphatic hydroxyl groups excluding tert-OH is 2. The molecule has 118 valence electrons. The van der Waals surface area contributed by atoms with E-state index in [2.05, 4.69) is 0 Å². The maximum Gasteiger partial charge on any atom is 0.164 e. The van der Waals surface area contributed by atoms with Crippen LogP contribution in [0.2, 0.25) is 5.02 Å². The Bertz CT molecular complexity index is 387. The maximum absolute atomic E-state index is 9.04. The van der Waals surface area contributed by atoms with Crippen molar-refractivity contribution < 1.29 is 19.7 Å². The molecule has 5 nitrogen and oxygen atoms in total. The van der Waals surface area contributed by atoms with Gasteiger partial charge in [-0.1, -0.05) is 11.6 Å². The summed E-state index contributed by atoms with van der Waals surface area (Å²) in [5, 5.41) is 18.4. The molecular formula is C12H20Cl3NO4. The lowest BCUT2D eigenvalue weighted by Crippen LogP contribution is -2.30. The van der Waals surface area contributed by atoms with Crippen molar-refractivity contribution in [3.63, 3.8) is 0 Å². The third-order valence-corrected chi connectivity index (χ3v) is 2.90. The van der Waals surface area contributed by atoms with Crippen molar-refractivity contribution in [2.45, 2.75) is 0 Å². The smallest absolute Gasteiger partial charge is 0.164 e. The van der Waals surface area contributed by atoms with Gasteiger partial charge in [-0.05, 0) is 12.1 Å². The molecule has 0 saturated heterocycles. The Kier molecular flexibility index (Phi) is 12.1. The predicted octanol–water partition coefficient (Wildman–Crippen LogP) is 1.99. The lowest BCUT2D eigenvalue weighted by Gasteiger charge is -2.25. The molecule has 0 unspecified atom stereocenters. The molecule has 2 N–H and O–H groups in total. The quantitative estimate of drug-likeness (QED) is 0.789. The summed E-state index contributed by atoms with van der Waals surface area (Å²) < 4.78 is 10.4. The summed E-state index contributed by atoms with van der Waals surface area (Å²) >= 11 is 6.16. The standard InChI is InChI=1S/C12H18ClNO4.2ClH/c1-17-10-4-3-9(12(18-2)11(10)13)14(5-7-15)6-8-16;;/h3-4,15-16H,5-8H2,1-2H3;2*1H. The minimum Gasteiger partial charge on any atom is -0.495 e. The lowest BCUT2D eigenvalue weighted by molar-refractivity contribution is 0.280. The maximum atomic E-state index is 9.04. The first-order valence-electron chi connectivity index (χ1n) is 5.56. The van der Waals surface area contributed by atoms with Gasteiger partial charge in [0, 0.05) is 13.1 Å². The van der Waals surface area contributed by atoms with Gasteiger partial charge in [-0.2, -0.15) is 0 Å². The van der Waals surface area contributed by atoms with Gasteiger partial charge in [0.05, 0.1) is 33.1 Å². The van der Waals surface area contributed by atoms with E-state index in [0.717, 1.165) is 0 Å². The predicted molar refractivity (Wildman–Crippen MR) is 85.4 cm³/mol. The van der Waals surface area contributed by atoms with Crippen LogP contribution in [0.4, 0.5) is 5.69 Å². The van der Waals surface area contributed by atoms with E-state index in [1.54, 1.807) is 17.0 Å². The van der Waals surface area contributed by atoms with Crippen molar-refractivity contribution >= 4 is 42.1 Å². The fourth-order valence-corrected chi connectivity index (χ4v) is 2.04. The third-order valence-electron chi connectivity index (χ3n) is 2.55. The molecule has 0 atom stereocenters. The van der Waals surface area contributed by atoms with Crippen LogP contribution in [0, 0.1) is 0 Å². The van der Waals surface area contributed by atoms with Gasteiger partial charge in [0.1, 0.15) is 10.8 Å².